The summed E-state index contributed by atoms with van der Waals surface area (Å²) in [6.45, 7) is 2.00. The molecule has 3 aromatic rings. The van der Waals surface area contributed by atoms with Crippen LogP contribution >= 0.6 is 7.92 Å². The first-order valence-electron chi connectivity index (χ1n) is 8.48. The van der Waals surface area contributed by atoms with Crippen molar-refractivity contribution in [3.8, 4) is 0 Å². The Balaban J connectivity index is 0.000000290. The molecule has 0 atom stereocenters. The van der Waals surface area contributed by atoms with Crippen LogP contribution in [0.15, 0.2) is 91.0 Å². The van der Waals surface area contributed by atoms with Gasteiger partial charge < -0.3 is 4.74 Å². The highest BCUT2D eigenvalue weighted by Gasteiger charge is 2.14. The molecule has 1 heterocycles. The molecule has 0 saturated carbocycles. The van der Waals surface area contributed by atoms with E-state index in [1.807, 2.05) is 0 Å². The Labute approximate surface area is 146 Å². The van der Waals surface area contributed by atoms with Gasteiger partial charge in [-0.15, -0.1) is 0 Å². The second kappa shape index (κ2) is 9.37. The van der Waals surface area contributed by atoms with Gasteiger partial charge in [-0.3, -0.25) is 0 Å². The zero-order valence-electron chi connectivity index (χ0n) is 13.8. The SMILES string of the molecule is C1CCOC1.c1ccc(P(c2ccccc2)c2ccccc2)cc1. The van der Waals surface area contributed by atoms with Crippen LogP contribution in [-0.2, 0) is 4.74 Å². The van der Waals surface area contributed by atoms with Gasteiger partial charge in [0.2, 0.25) is 0 Å². The number of rotatable bonds is 3. The lowest BCUT2D eigenvalue weighted by atomic mass is 10.4. The van der Waals surface area contributed by atoms with Crippen molar-refractivity contribution in [2.45, 2.75) is 12.8 Å². The monoisotopic (exact) mass is 334 g/mol. The van der Waals surface area contributed by atoms with Gasteiger partial charge in [-0.25, -0.2) is 0 Å². The van der Waals surface area contributed by atoms with E-state index in [0.717, 1.165) is 13.2 Å². The van der Waals surface area contributed by atoms with Crippen molar-refractivity contribution >= 4 is 23.8 Å². The molecule has 2 heteroatoms. The van der Waals surface area contributed by atoms with Gasteiger partial charge in [0.05, 0.1) is 0 Å². The third-order valence-corrected chi connectivity index (χ3v) is 6.31. The minimum absolute atomic E-state index is 0.446. The molecule has 24 heavy (non-hydrogen) atoms. The fourth-order valence-corrected chi connectivity index (χ4v) is 4.99. The quantitative estimate of drug-likeness (QED) is 0.651. The molecule has 1 aliphatic heterocycles. The van der Waals surface area contributed by atoms with Crippen molar-refractivity contribution in [3.63, 3.8) is 0 Å². The maximum Gasteiger partial charge on any atom is 0.0466 e. The lowest BCUT2D eigenvalue weighted by Gasteiger charge is -2.18. The van der Waals surface area contributed by atoms with Crippen LogP contribution in [0.1, 0.15) is 12.8 Å². The third kappa shape index (κ3) is 4.77. The van der Waals surface area contributed by atoms with Gasteiger partial charge >= 0.3 is 0 Å². The summed E-state index contributed by atoms with van der Waals surface area (Å²) in [5.74, 6) is 0. The molecule has 4 rings (SSSR count). The Morgan fingerprint density at radius 3 is 1.08 bits per heavy atom. The summed E-state index contributed by atoms with van der Waals surface area (Å²) in [6, 6.07) is 32.3. The van der Waals surface area contributed by atoms with Crippen LogP contribution in [0.25, 0.3) is 0 Å². The Bertz CT molecular complexity index is 592. The Morgan fingerprint density at radius 1 is 0.500 bits per heavy atom. The highest BCUT2D eigenvalue weighted by atomic mass is 31.1. The molecule has 122 valence electrons. The molecule has 3 aromatic carbocycles. The van der Waals surface area contributed by atoms with Gasteiger partial charge in [0, 0.05) is 13.2 Å². The third-order valence-electron chi connectivity index (χ3n) is 3.87. The van der Waals surface area contributed by atoms with E-state index in [4.69, 9.17) is 4.74 Å². The van der Waals surface area contributed by atoms with Gasteiger partial charge in [0.1, 0.15) is 0 Å². The van der Waals surface area contributed by atoms with E-state index in [1.54, 1.807) is 0 Å². The first kappa shape index (κ1) is 16.9. The minimum atomic E-state index is -0.446. The Kier molecular flexibility index (Phi) is 6.60. The lowest BCUT2D eigenvalue weighted by Crippen LogP contribution is -2.20. The van der Waals surface area contributed by atoms with Crippen LogP contribution in [0.5, 0.6) is 0 Å². The van der Waals surface area contributed by atoms with Crippen LogP contribution < -0.4 is 15.9 Å². The molecule has 0 aliphatic carbocycles. The van der Waals surface area contributed by atoms with Crippen LogP contribution in [0.3, 0.4) is 0 Å². The molecular formula is C22H23OP. The second-order valence-electron chi connectivity index (χ2n) is 5.66. The summed E-state index contributed by atoms with van der Waals surface area (Å²) in [5, 5.41) is 4.19. The summed E-state index contributed by atoms with van der Waals surface area (Å²) in [5.41, 5.74) is 0. The molecule has 1 nitrogen and oxygen atoms in total. The number of ether oxygens (including phenoxy) is 1. The van der Waals surface area contributed by atoms with Crippen LogP contribution in [0.2, 0.25) is 0 Å². The molecule has 0 N–H and O–H groups in total. The van der Waals surface area contributed by atoms with E-state index in [0.29, 0.717) is 0 Å². The predicted molar refractivity (Wildman–Crippen MR) is 105 cm³/mol. The molecule has 1 aliphatic rings. The first-order chi connectivity index (χ1) is 11.9. The zero-order valence-corrected chi connectivity index (χ0v) is 14.7. The van der Waals surface area contributed by atoms with E-state index in [9.17, 15) is 0 Å². The summed E-state index contributed by atoms with van der Waals surface area (Å²) >= 11 is 0. The molecule has 0 bridgehead atoms. The average molecular weight is 334 g/mol. The summed E-state index contributed by atoms with van der Waals surface area (Å²) in [6.07, 6.45) is 2.56. The molecular weight excluding hydrogens is 311 g/mol. The van der Waals surface area contributed by atoms with Crippen molar-refractivity contribution in [1.82, 2.24) is 0 Å². The van der Waals surface area contributed by atoms with E-state index in [-0.39, 0.29) is 0 Å². The number of hydrogen-bond acceptors (Lipinski definition) is 1. The molecule has 0 amide bonds. The average Bonchev–Trinajstić information content (AvgIpc) is 3.25. The van der Waals surface area contributed by atoms with E-state index in [2.05, 4.69) is 91.0 Å². The Morgan fingerprint density at radius 2 is 0.833 bits per heavy atom. The van der Waals surface area contributed by atoms with Gasteiger partial charge in [-0.2, -0.15) is 0 Å². The molecule has 0 aromatic heterocycles. The summed E-state index contributed by atoms with van der Waals surface area (Å²) in [4.78, 5) is 0. The van der Waals surface area contributed by atoms with Crippen molar-refractivity contribution in [2.24, 2.45) is 0 Å². The van der Waals surface area contributed by atoms with Gasteiger partial charge in [-0.05, 0) is 36.7 Å². The predicted octanol–water partition coefficient (Wildman–Crippen LogP) is 4.24. The van der Waals surface area contributed by atoms with Crippen LogP contribution in [0.4, 0.5) is 0 Å². The normalized spacial score (nSPS) is 13.4. The maximum absolute atomic E-state index is 4.94. The maximum atomic E-state index is 4.94. The standard InChI is InChI=1S/C18H15P.C4H8O/c1-4-10-16(11-5-1)19(17-12-6-2-7-13-17)18-14-8-3-9-15-18;1-2-4-5-3-1/h1-15H;1-4H2. The molecule has 0 unspecified atom stereocenters. The van der Waals surface area contributed by atoms with Crippen LogP contribution in [0, 0.1) is 0 Å². The van der Waals surface area contributed by atoms with Gasteiger partial charge in [-0.1, -0.05) is 91.0 Å². The molecule has 1 fully saturated rings. The zero-order chi connectivity index (χ0) is 16.5. The van der Waals surface area contributed by atoms with E-state index in [1.165, 1.54) is 28.8 Å². The van der Waals surface area contributed by atoms with Crippen molar-refractivity contribution < 1.29 is 4.74 Å². The topological polar surface area (TPSA) is 9.23 Å². The van der Waals surface area contributed by atoms with E-state index >= 15 is 0 Å². The summed E-state index contributed by atoms with van der Waals surface area (Å²) in [7, 11) is -0.446. The second-order valence-corrected chi connectivity index (χ2v) is 7.88. The Hall–Kier alpha value is -1.95. The van der Waals surface area contributed by atoms with Crippen LogP contribution in [-0.4, -0.2) is 13.2 Å². The van der Waals surface area contributed by atoms with E-state index < -0.39 is 7.92 Å². The first-order valence-corrected chi connectivity index (χ1v) is 9.82. The van der Waals surface area contributed by atoms with Crippen molar-refractivity contribution in [2.75, 3.05) is 13.2 Å². The lowest BCUT2D eigenvalue weighted by molar-refractivity contribution is 0.198. The molecule has 1 saturated heterocycles. The van der Waals surface area contributed by atoms with Crippen molar-refractivity contribution in [1.29, 1.82) is 0 Å². The fraction of sp³-hybridized carbons (Fsp3) is 0.182. The smallest absolute Gasteiger partial charge is 0.0466 e. The highest BCUT2D eigenvalue weighted by Crippen LogP contribution is 2.32. The minimum Gasteiger partial charge on any atom is -0.381 e. The largest absolute Gasteiger partial charge is 0.381 e. The number of hydrogen-bond donors (Lipinski definition) is 0. The molecule has 0 radical (unpaired) electrons. The van der Waals surface area contributed by atoms with Gasteiger partial charge in [0.15, 0.2) is 0 Å². The highest BCUT2D eigenvalue weighted by molar-refractivity contribution is 7.79. The summed E-state index contributed by atoms with van der Waals surface area (Å²) < 4.78 is 4.94. The number of benzene rings is 3. The molecule has 0 spiro atoms. The van der Waals surface area contributed by atoms with Crippen molar-refractivity contribution in [3.05, 3.63) is 91.0 Å². The van der Waals surface area contributed by atoms with Gasteiger partial charge in [0.25, 0.3) is 0 Å². The fourth-order valence-electron chi connectivity index (χ4n) is 2.69.